The maximum Gasteiger partial charge on any atom is 0.277 e. The minimum absolute atomic E-state index is 0.0492. The van der Waals surface area contributed by atoms with Crippen LogP contribution < -0.4 is 0 Å². The average Bonchev–Trinajstić information content (AvgIpc) is 2.74. The molecule has 0 aromatic carbocycles. The van der Waals surface area contributed by atoms with Crippen molar-refractivity contribution in [2.24, 2.45) is 0 Å². The molecule has 0 amide bonds. The SMILES string of the molecule is Cc1ccc(S(=O)(=O)N2CCOCC23CCC3)o1. The minimum Gasteiger partial charge on any atom is -0.449 e. The third kappa shape index (κ3) is 1.71. The molecule has 0 atom stereocenters. The Morgan fingerprint density at radius 2 is 2.11 bits per heavy atom. The van der Waals surface area contributed by atoms with Gasteiger partial charge >= 0.3 is 0 Å². The summed E-state index contributed by atoms with van der Waals surface area (Å²) in [6.07, 6.45) is 2.82. The predicted octanol–water partition coefficient (Wildman–Crippen LogP) is 1.53. The molecule has 1 aromatic rings. The first-order valence-corrected chi connectivity index (χ1v) is 7.66. The molecule has 1 spiro atoms. The standard InChI is InChI=1S/C12H17NO4S/c1-10-3-4-11(17-10)18(14,15)13-7-8-16-9-12(13)5-2-6-12/h3-4H,2,5-9H2,1H3. The molecule has 2 heterocycles. The van der Waals surface area contributed by atoms with E-state index in [0.29, 0.717) is 25.5 Å². The van der Waals surface area contributed by atoms with E-state index in [1.54, 1.807) is 17.3 Å². The number of nitrogens with zero attached hydrogens (tertiary/aromatic N) is 1. The quantitative estimate of drug-likeness (QED) is 0.818. The van der Waals surface area contributed by atoms with Crippen LogP contribution in [-0.4, -0.2) is 38.0 Å². The topological polar surface area (TPSA) is 59.8 Å². The van der Waals surface area contributed by atoms with E-state index in [1.165, 1.54) is 6.07 Å². The molecule has 0 bridgehead atoms. The number of aryl methyl sites for hydroxylation is 1. The van der Waals surface area contributed by atoms with Gasteiger partial charge in [-0.1, -0.05) is 0 Å². The molecule has 0 unspecified atom stereocenters. The summed E-state index contributed by atoms with van der Waals surface area (Å²) in [6.45, 7) is 3.13. The number of hydrogen-bond donors (Lipinski definition) is 0. The van der Waals surface area contributed by atoms with Gasteiger partial charge in [-0.3, -0.25) is 0 Å². The lowest BCUT2D eigenvalue weighted by Gasteiger charge is -2.51. The van der Waals surface area contributed by atoms with Crippen molar-refractivity contribution >= 4 is 10.0 Å². The lowest BCUT2D eigenvalue weighted by Crippen LogP contribution is -2.62. The molecular weight excluding hydrogens is 254 g/mol. The molecule has 0 radical (unpaired) electrons. The van der Waals surface area contributed by atoms with Gasteiger partial charge in [-0.15, -0.1) is 0 Å². The molecule has 1 saturated carbocycles. The van der Waals surface area contributed by atoms with Crippen molar-refractivity contribution in [3.63, 3.8) is 0 Å². The number of furan rings is 1. The fraction of sp³-hybridized carbons (Fsp3) is 0.667. The van der Waals surface area contributed by atoms with Crippen molar-refractivity contribution in [1.82, 2.24) is 4.31 Å². The van der Waals surface area contributed by atoms with Crippen molar-refractivity contribution in [1.29, 1.82) is 0 Å². The zero-order chi connectivity index (χ0) is 12.8. The van der Waals surface area contributed by atoms with Gasteiger partial charge < -0.3 is 9.15 Å². The lowest BCUT2D eigenvalue weighted by atomic mass is 9.77. The minimum atomic E-state index is -3.52. The van der Waals surface area contributed by atoms with Crippen LogP contribution in [0.25, 0.3) is 0 Å². The molecule has 1 aliphatic heterocycles. The maximum absolute atomic E-state index is 12.6. The van der Waals surface area contributed by atoms with Crippen LogP contribution in [0.5, 0.6) is 0 Å². The van der Waals surface area contributed by atoms with E-state index in [9.17, 15) is 8.42 Å². The first-order chi connectivity index (χ1) is 8.55. The molecule has 1 aromatic heterocycles. The van der Waals surface area contributed by atoms with E-state index in [2.05, 4.69) is 0 Å². The monoisotopic (exact) mass is 271 g/mol. The summed E-state index contributed by atoms with van der Waals surface area (Å²) in [5, 5.41) is 0.0492. The van der Waals surface area contributed by atoms with Gasteiger partial charge in [0.25, 0.3) is 10.0 Å². The Hall–Kier alpha value is -0.850. The van der Waals surface area contributed by atoms with Crippen LogP contribution in [0.2, 0.25) is 0 Å². The largest absolute Gasteiger partial charge is 0.449 e. The summed E-state index contributed by atoms with van der Waals surface area (Å²) < 4.78 is 37.5. The highest BCUT2D eigenvalue weighted by atomic mass is 32.2. The van der Waals surface area contributed by atoms with Crippen molar-refractivity contribution in [2.45, 2.75) is 36.8 Å². The van der Waals surface area contributed by atoms with Crippen LogP contribution in [-0.2, 0) is 14.8 Å². The van der Waals surface area contributed by atoms with E-state index in [-0.39, 0.29) is 10.6 Å². The number of morpholine rings is 1. The number of ether oxygens (including phenoxy) is 1. The van der Waals surface area contributed by atoms with Gasteiger partial charge in [0.05, 0.1) is 18.8 Å². The summed E-state index contributed by atoms with van der Waals surface area (Å²) in [5.74, 6) is 0.615. The maximum atomic E-state index is 12.6. The molecule has 0 N–H and O–H groups in total. The Morgan fingerprint density at radius 1 is 1.33 bits per heavy atom. The summed E-state index contributed by atoms with van der Waals surface area (Å²) in [4.78, 5) is 0. The Bertz CT molecular complexity index is 544. The third-order valence-electron chi connectivity index (χ3n) is 3.88. The van der Waals surface area contributed by atoms with Crippen molar-refractivity contribution in [3.05, 3.63) is 17.9 Å². The average molecular weight is 271 g/mol. The summed E-state index contributed by atoms with van der Waals surface area (Å²) in [7, 11) is -3.52. The highest BCUT2D eigenvalue weighted by molar-refractivity contribution is 7.89. The zero-order valence-corrected chi connectivity index (χ0v) is 11.2. The fourth-order valence-electron chi connectivity index (χ4n) is 2.73. The number of sulfonamides is 1. The van der Waals surface area contributed by atoms with E-state index in [0.717, 1.165) is 19.3 Å². The van der Waals surface area contributed by atoms with Crippen molar-refractivity contribution in [2.75, 3.05) is 19.8 Å². The van der Waals surface area contributed by atoms with Gasteiger partial charge in [-0.05, 0) is 38.3 Å². The van der Waals surface area contributed by atoms with Crippen molar-refractivity contribution in [3.8, 4) is 0 Å². The van der Waals surface area contributed by atoms with Crippen molar-refractivity contribution < 1.29 is 17.6 Å². The molecular formula is C12H17NO4S. The van der Waals surface area contributed by atoms with E-state index in [1.807, 2.05) is 0 Å². The zero-order valence-electron chi connectivity index (χ0n) is 10.4. The van der Waals surface area contributed by atoms with Crippen LogP contribution in [0.4, 0.5) is 0 Å². The highest BCUT2D eigenvalue weighted by Gasteiger charge is 2.50. The Morgan fingerprint density at radius 3 is 2.67 bits per heavy atom. The van der Waals surface area contributed by atoms with Crippen LogP contribution in [0.15, 0.2) is 21.6 Å². The Balaban J connectivity index is 1.97. The fourth-order valence-corrected chi connectivity index (χ4v) is 4.49. The summed E-state index contributed by atoms with van der Waals surface area (Å²) in [5.41, 5.74) is -0.322. The molecule has 100 valence electrons. The predicted molar refractivity (Wildman–Crippen MR) is 64.7 cm³/mol. The van der Waals surface area contributed by atoms with Gasteiger partial charge in [0.2, 0.25) is 5.09 Å². The normalized spacial score (nSPS) is 24.1. The van der Waals surface area contributed by atoms with E-state index >= 15 is 0 Å². The Labute approximate surface area is 107 Å². The molecule has 1 aliphatic carbocycles. The molecule has 6 heteroatoms. The summed E-state index contributed by atoms with van der Waals surface area (Å²) >= 11 is 0. The molecule has 2 fully saturated rings. The van der Waals surface area contributed by atoms with E-state index < -0.39 is 10.0 Å². The lowest BCUT2D eigenvalue weighted by molar-refractivity contribution is -0.0654. The van der Waals surface area contributed by atoms with Gasteiger partial charge in [-0.2, -0.15) is 4.31 Å². The van der Waals surface area contributed by atoms with Gasteiger partial charge in [-0.25, -0.2) is 8.42 Å². The molecule has 1 saturated heterocycles. The van der Waals surface area contributed by atoms with Crippen LogP contribution in [0.1, 0.15) is 25.0 Å². The molecule has 2 aliphatic rings. The van der Waals surface area contributed by atoms with Crippen LogP contribution in [0.3, 0.4) is 0 Å². The van der Waals surface area contributed by atoms with Gasteiger partial charge in [0.15, 0.2) is 0 Å². The molecule has 3 rings (SSSR count). The van der Waals surface area contributed by atoms with E-state index in [4.69, 9.17) is 9.15 Å². The van der Waals surface area contributed by atoms with Gasteiger partial charge in [0.1, 0.15) is 5.76 Å². The van der Waals surface area contributed by atoms with Crippen LogP contribution in [0, 0.1) is 6.92 Å². The third-order valence-corrected chi connectivity index (χ3v) is 5.76. The van der Waals surface area contributed by atoms with Gasteiger partial charge in [0, 0.05) is 6.54 Å². The number of hydrogen-bond acceptors (Lipinski definition) is 4. The summed E-state index contributed by atoms with van der Waals surface area (Å²) in [6, 6.07) is 3.22. The smallest absolute Gasteiger partial charge is 0.277 e. The first kappa shape index (κ1) is 12.2. The second kappa shape index (κ2) is 4.08. The molecule has 5 nitrogen and oxygen atoms in total. The Kier molecular flexibility index (Phi) is 2.76. The first-order valence-electron chi connectivity index (χ1n) is 6.22. The number of rotatable bonds is 2. The molecule has 18 heavy (non-hydrogen) atoms. The highest BCUT2D eigenvalue weighted by Crippen LogP contribution is 2.42. The second-order valence-electron chi connectivity index (χ2n) is 5.07. The second-order valence-corrected chi connectivity index (χ2v) is 6.87. The van der Waals surface area contributed by atoms with Crippen LogP contribution >= 0.6 is 0 Å².